The molecule has 1 aliphatic carbocycles. The normalized spacial score (nSPS) is 25.4. The van der Waals surface area contributed by atoms with E-state index in [1.807, 2.05) is 18.2 Å². The molecule has 4 atom stereocenters. The summed E-state index contributed by atoms with van der Waals surface area (Å²) in [5.41, 5.74) is -0.416. The Labute approximate surface area is 380 Å². The summed E-state index contributed by atoms with van der Waals surface area (Å²) in [5.74, 6) is 4.60. The predicted octanol–water partition coefficient (Wildman–Crippen LogP) is 5.89. The lowest BCUT2D eigenvalue weighted by Gasteiger charge is -2.42. The van der Waals surface area contributed by atoms with Crippen molar-refractivity contribution in [2.75, 3.05) is 56.2 Å². The average molecular weight is 938 g/mol. The first kappa shape index (κ1) is 46.1. The van der Waals surface area contributed by atoms with Crippen LogP contribution in [0, 0.1) is 17.8 Å². The quantitative estimate of drug-likeness (QED) is 0.0975. The second-order valence-corrected chi connectivity index (χ2v) is 17.9. The van der Waals surface area contributed by atoms with Crippen molar-refractivity contribution in [1.82, 2.24) is 44.4 Å². The molecule has 16 nitrogen and oxygen atoms in total. The molecule has 4 aromatic heterocycles. The summed E-state index contributed by atoms with van der Waals surface area (Å²) in [7, 11) is 1.78. The molecule has 1 aromatic carbocycles. The molecule has 4 aliphatic rings. The molecule has 5 aromatic rings. The van der Waals surface area contributed by atoms with Crippen LogP contribution in [0.1, 0.15) is 97.6 Å². The molecule has 356 valence electrons. The van der Waals surface area contributed by atoms with Gasteiger partial charge in [-0.1, -0.05) is 24.0 Å². The first-order valence-electron chi connectivity index (χ1n) is 22.3. The van der Waals surface area contributed by atoms with Gasteiger partial charge in [0, 0.05) is 57.4 Å². The van der Waals surface area contributed by atoms with Crippen LogP contribution in [0.25, 0.3) is 16.6 Å². The van der Waals surface area contributed by atoms with Crippen LogP contribution in [0.3, 0.4) is 0 Å². The van der Waals surface area contributed by atoms with E-state index in [1.54, 1.807) is 18.7 Å². The van der Waals surface area contributed by atoms with E-state index in [0.717, 1.165) is 23.7 Å². The fraction of sp³-hybridized carbons (Fsp3) is 0.533. The molecule has 2 unspecified atom stereocenters. The van der Waals surface area contributed by atoms with Gasteiger partial charge in [-0.3, -0.25) is 34.0 Å². The Morgan fingerprint density at radius 1 is 1.09 bits per heavy atom. The van der Waals surface area contributed by atoms with E-state index in [4.69, 9.17) is 9.47 Å². The zero-order chi connectivity index (χ0) is 47.2. The summed E-state index contributed by atoms with van der Waals surface area (Å²) in [5, 5.41) is 18.6. The SMILES string of the molecule is Cn1nc(C2CCC(=O)NC2=O)c2cccc(C#CCO[C@@H]3CCN(CC4CCC(n5cc(NC(=O)c6cnn7ccc(N8CCOC(C(F)(F)F)C8)nc67)c(C(F)F)n5)CC4)C[C@@]3(C)F)c21. The number of fused-ring (bicyclic) bond motifs is 2. The average Bonchev–Trinajstić information content (AvgIpc) is 4.01. The number of para-hydroxylation sites is 1. The first-order chi connectivity index (χ1) is 32.0. The standard InChI is InChI=1S/C45H49F6N11O5/c1-44(48)25-59(16-14-33(44)66-19-4-6-27-5-3-7-29-37(56-58(2)39(27)29)30-12-13-36(63)55-42(30)64)22-26-8-10-28(11-9-26)62-23-32(38(57-62)40(46)47)53-43(65)31-21-52-61-17-15-35(54-41(31)61)60-18-20-67-34(24-60)45(49,50)51/h3,5,7,15,17,21,23,26,28,30,33-34,40H,8-14,16,18-20,22,24-25H2,1-2H3,(H,53,65)(H,55,63,64)/t26?,28?,30?,33-,34?,44-/m1/s1. The number of alkyl halides is 6. The van der Waals surface area contributed by atoms with E-state index in [1.165, 1.54) is 38.8 Å². The van der Waals surface area contributed by atoms with Crippen LogP contribution in [0.2, 0.25) is 0 Å². The minimum atomic E-state index is -4.57. The van der Waals surface area contributed by atoms with Gasteiger partial charge in [0.1, 0.15) is 23.7 Å². The van der Waals surface area contributed by atoms with E-state index < -0.39 is 54.5 Å². The summed E-state index contributed by atoms with van der Waals surface area (Å²) in [6.07, 6.45) is -2.30. The van der Waals surface area contributed by atoms with Gasteiger partial charge in [-0.2, -0.15) is 28.5 Å². The maximum absolute atomic E-state index is 16.1. The van der Waals surface area contributed by atoms with Crippen LogP contribution in [0.5, 0.6) is 0 Å². The van der Waals surface area contributed by atoms with E-state index in [-0.39, 0.29) is 79.2 Å². The molecule has 3 saturated heterocycles. The Balaban J connectivity index is 0.770. The molecule has 2 N–H and O–H groups in total. The molecule has 4 fully saturated rings. The summed E-state index contributed by atoms with van der Waals surface area (Å²) in [6.45, 7) is 2.51. The minimum absolute atomic E-state index is 0.0138. The first-order valence-corrected chi connectivity index (χ1v) is 22.3. The Kier molecular flexibility index (Phi) is 12.8. The number of hydrogen-bond acceptors (Lipinski definition) is 11. The number of halogens is 6. The second kappa shape index (κ2) is 18.6. The number of hydrogen-bond donors (Lipinski definition) is 2. The Morgan fingerprint density at radius 3 is 2.64 bits per heavy atom. The Morgan fingerprint density at radius 2 is 1.90 bits per heavy atom. The van der Waals surface area contributed by atoms with Crippen molar-refractivity contribution in [3.05, 3.63) is 65.4 Å². The summed E-state index contributed by atoms with van der Waals surface area (Å²) in [6, 6.07) is 6.83. The third kappa shape index (κ3) is 9.72. The zero-order valence-corrected chi connectivity index (χ0v) is 36.7. The number of carbonyl (C=O) groups excluding carboxylic acids is 3. The number of anilines is 2. The van der Waals surface area contributed by atoms with Gasteiger partial charge < -0.3 is 19.7 Å². The molecular weight excluding hydrogens is 889 g/mol. The van der Waals surface area contributed by atoms with Gasteiger partial charge in [0.2, 0.25) is 11.8 Å². The second-order valence-electron chi connectivity index (χ2n) is 17.9. The topological polar surface area (TPSA) is 166 Å². The van der Waals surface area contributed by atoms with E-state index >= 15 is 4.39 Å². The molecule has 3 aliphatic heterocycles. The largest absolute Gasteiger partial charge is 0.416 e. The highest BCUT2D eigenvalue weighted by Gasteiger charge is 2.44. The highest BCUT2D eigenvalue weighted by atomic mass is 19.4. The number of nitrogens with zero attached hydrogens (tertiary/aromatic N) is 9. The fourth-order valence-electron chi connectivity index (χ4n) is 9.83. The molecular formula is C45H49F6N11O5. The molecule has 3 amide bonds. The molecule has 22 heteroatoms. The molecule has 0 radical (unpaired) electrons. The monoisotopic (exact) mass is 937 g/mol. The number of imide groups is 1. The number of benzene rings is 1. The van der Waals surface area contributed by atoms with Gasteiger partial charge in [0.15, 0.2) is 17.4 Å². The fourth-order valence-corrected chi connectivity index (χ4v) is 9.83. The van der Waals surface area contributed by atoms with Crippen molar-refractivity contribution in [2.45, 2.75) is 94.3 Å². The van der Waals surface area contributed by atoms with E-state index in [2.05, 4.69) is 47.7 Å². The molecule has 0 spiro atoms. The number of aromatic nitrogens is 7. The molecule has 9 rings (SSSR count). The van der Waals surface area contributed by atoms with Crippen molar-refractivity contribution in [3.63, 3.8) is 0 Å². The number of likely N-dealkylation sites (tertiary alicyclic amines) is 1. The number of morpholine rings is 1. The van der Waals surface area contributed by atoms with Crippen molar-refractivity contribution in [2.24, 2.45) is 13.0 Å². The van der Waals surface area contributed by atoms with Crippen molar-refractivity contribution in [1.29, 1.82) is 0 Å². The minimum Gasteiger partial charge on any atom is -0.365 e. The van der Waals surface area contributed by atoms with Gasteiger partial charge in [-0.25, -0.2) is 22.7 Å². The van der Waals surface area contributed by atoms with Crippen LogP contribution in [-0.4, -0.2) is 127 Å². The smallest absolute Gasteiger partial charge is 0.365 e. The van der Waals surface area contributed by atoms with Crippen LogP contribution < -0.4 is 15.5 Å². The molecule has 1 saturated carbocycles. The maximum Gasteiger partial charge on any atom is 0.416 e. The number of piperidine rings is 2. The molecule has 67 heavy (non-hydrogen) atoms. The third-order valence-electron chi connectivity index (χ3n) is 13.2. The van der Waals surface area contributed by atoms with Gasteiger partial charge in [0.05, 0.1) is 59.9 Å². The number of nitrogens with one attached hydrogen (secondary N) is 2. The third-order valence-corrected chi connectivity index (χ3v) is 13.2. The van der Waals surface area contributed by atoms with Crippen LogP contribution in [-0.2, 0) is 26.1 Å². The van der Waals surface area contributed by atoms with Gasteiger partial charge in [-0.05, 0) is 63.5 Å². The number of ether oxygens (including phenoxy) is 2. The van der Waals surface area contributed by atoms with Gasteiger partial charge >= 0.3 is 6.18 Å². The number of amides is 3. The van der Waals surface area contributed by atoms with Crippen LogP contribution >= 0.6 is 0 Å². The highest BCUT2D eigenvalue weighted by Crippen LogP contribution is 2.37. The van der Waals surface area contributed by atoms with Crippen LogP contribution in [0.15, 0.2) is 42.9 Å². The van der Waals surface area contributed by atoms with E-state index in [0.29, 0.717) is 50.0 Å². The zero-order valence-electron chi connectivity index (χ0n) is 36.7. The summed E-state index contributed by atoms with van der Waals surface area (Å²) in [4.78, 5) is 45.7. The number of carbonyl (C=O) groups is 3. The van der Waals surface area contributed by atoms with Crippen LogP contribution in [0.4, 0.5) is 37.8 Å². The lowest BCUT2D eigenvalue weighted by Crippen LogP contribution is -2.54. The summed E-state index contributed by atoms with van der Waals surface area (Å²) < 4.78 is 100. The number of rotatable bonds is 10. The highest BCUT2D eigenvalue weighted by molar-refractivity contribution is 6.08. The van der Waals surface area contributed by atoms with Gasteiger partial charge in [0.25, 0.3) is 12.3 Å². The summed E-state index contributed by atoms with van der Waals surface area (Å²) >= 11 is 0. The lowest BCUT2D eigenvalue weighted by molar-refractivity contribution is -0.221. The predicted molar refractivity (Wildman–Crippen MR) is 230 cm³/mol. The molecule has 7 heterocycles. The van der Waals surface area contributed by atoms with E-state index in [9.17, 15) is 36.3 Å². The number of aryl methyl sites for hydroxylation is 1. The van der Waals surface area contributed by atoms with Crippen molar-refractivity contribution < 1.29 is 50.2 Å². The van der Waals surface area contributed by atoms with Crippen molar-refractivity contribution in [3.8, 4) is 11.8 Å². The Hall–Kier alpha value is -6.05. The van der Waals surface area contributed by atoms with Gasteiger partial charge in [-0.15, -0.1) is 0 Å². The lowest BCUT2D eigenvalue weighted by atomic mass is 9.84. The molecule has 0 bridgehead atoms. The van der Waals surface area contributed by atoms with Crippen molar-refractivity contribution >= 4 is 45.8 Å². The Bertz CT molecular complexity index is 2730. The maximum atomic E-state index is 16.1.